The zero-order chi connectivity index (χ0) is 14.4. The average molecular weight is 273 g/mol. The molecule has 1 aromatic carbocycles. The fourth-order valence-electron chi connectivity index (χ4n) is 3.02. The van der Waals surface area contributed by atoms with Crippen molar-refractivity contribution in [3.05, 3.63) is 42.5 Å². The van der Waals surface area contributed by atoms with E-state index < -0.39 is 0 Å². The molecule has 20 heavy (non-hydrogen) atoms. The zero-order valence-corrected chi connectivity index (χ0v) is 12.8. The van der Waals surface area contributed by atoms with Gasteiger partial charge < -0.3 is 10.1 Å². The second-order valence-electron chi connectivity index (χ2n) is 6.00. The molecule has 0 unspecified atom stereocenters. The summed E-state index contributed by atoms with van der Waals surface area (Å²) in [7, 11) is 0. The van der Waals surface area contributed by atoms with Gasteiger partial charge in [0.2, 0.25) is 0 Å². The van der Waals surface area contributed by atoms with Gasteiger partial charge in [0.1, 0.15) is 12.4 Å². The third-order valence-corrected chi connectivity index (χ3v) is 4.54. The Bertz CT molecular complexity index is 429. The number of benzene rings is 1. The van der Waals surface area contributed by atoms with Gasteiger partial charge in [0.25, 0.3) is 0 Å². The van der Waals surface area contributed by atoms with E-state index in [2.05, 4.69) is 43.9 Å². The van der Waals surface area contributed by atoms with Crippen molar-refractivity contribution in [3.8, 4) is 5.75 Å². The van der Waals surface area contributed by atoms with Gasteiger partial charge in [0.15, 0.2) is 0 Å². The SMILES string of the molecule is C=CCOc1cccc(CN[C@H]2CCC[C@@H](C)[C@H]2C)c1. The zero-order valence-electron chi connectivity index (χ0n) is 12.8. The Hall–Kier alpha value is -1.28. The fraction of sp³-hybridized carbons (Fsp3) is 0.556. The van der Waals surface area contributed by atoms with Gasteiger partial charge in [-0.2, -0.15) is 0 Å². The van der Waals surface area contributed by atoms with Crippen molar-refractivity contribution in [3.63, 3.8) is 0 Å². The third kappa shape index (κ3) is 4.11. The molecule has 0 bridgehead atoms. The van der Waals surface area contributed by atoms with Gasteiger partial charge in [-0.3, -0.25) is 0 Å². The first-order valence-corrected chi connectivity index (χ1v) is 7.76. The van der Waals surface area contributed by atoms with Crippen LogP contribution in [0.15, 0.2) is 36.9 Å². The molecule has 0 aliphatic heterocycles. The van der Waals surface area contributed by atoms with Gasteiger partial charge in [-0.15, -0.1) is 0 Å². The molecule has 1 N–H and O–H groups in total. The molecule has 0 heterocycles. The molecule has 0 spiro atoms. The molecule has 0 radical (unpaired) electrons. The molecule has 1 fully saturated rings. The van der Waals surface area contributed by atoms with Crippen molar-refractivity contribution in [1.82, 2.24) is 5.32 Å². The predicted molar refractivity (Wildman–Crippen MR) is 84.9 cm³/mol. The van der Waals surface area contributed by atoms with Crippen LogP contribution in [0.25, 0.3) is 0 Å². The van der Waals surface area contributed by atoms with E-state index in [0.29, 0.717) is 12.6 Å². The maximum Gasteiger partial charge on any atom is 0.120 e. The minimum Gasteiger partial charge on any atom is -0.490 e. The summed E-state index contributed by atoms with van der Waals surface area (Å²) >= 11 is 0. The molecule has 110 valence electrons. The first kappa shape index (κ1) is 15.1. The van der Waals surface area contributed by atoms with E-state index in [-0.39, 0.29) is 0 Å². The van der Waals surface area contributed by atoms with Gasteiger partial charge in [-0.25, -0.2) is 0 Å². The summed E-state index contributed by atoms with van der Waals surface area (Å²) in [5.41, 5.74) is 1.29. The highest BCUT2D eigenvalue weighted by molar-refractivity contribution is 5.28. The third-order valence-electron chi connectivity index (χ3n) is 4.54. The van der Waals surface area contributed by atoms with E-state index in [1.54, 1.807) is 6.08 Å². The first-order chi connectivity index (χ1) is 9.70. The van der Waals surface area contributed by atoms with Crippen LogP contribution in [0.5, 0.6) is 5.75 Å². The van der Waals surface area contributed by atoms with Crippen LogP contribution in [-0.2, 0) is 6.54 Å². The Morgan fingerprint density at radius 1 is 1.35 bits per heavy atom. The van der Waals surface area contributed by atoms with E-state index >= 15 is 0 Å². The summed E-state index contributed by atoms with van der Waals surface area (Å²) in [6, 6.07) is 8.98. The van der Waals surface area contributed by atoms with E-state index in [1.165, 1.54) is 24.8 Å². The molecule has 2 heteroatoms. The topological polar surface area (TPSA) is 21.3 Å². The van der Waals surface area contributed by atoms with Crippen LogP contribution in [0, 0.1) is 11.8 Å². The maximum absolute atomic E-state index is 5.58. The van der Waals surface area contributed by atoms with Crippen LogP contribution in [-0.4, -0.2) is 12.6 Å². The van der Waals surface area contributed by atoms with Crippen LogP contribution < -0.4 is 10.1 Å². The second-order valence-corrected chi connectivity index (χ2v) is 6.00. The smallest absolute Gasteiger partial charge is 0.120 e. The molecule has 2 nitrogen and oxygen atoms in total. The minimum absolute atomic E-state index is 0.564. The molecular weight excluding hydrogens is 246 g/mol. The molecule has 0 aromatic heterocycles. The standard InChI is InChI=1S/C18H27NO/c1-4-11-20-17-9-6-8-16(12-17)13-19-18-10-5-7-14(2)15(18)3/h4,6,8-9,12,14-15,18-19H,1,5,7,10-11,13H2,2-3H3/t14-,15-,18+/m1/s1. The average Bonchev–Trinajstić information content (AvgIpc) is 2.47. The molecule has 1 aliphatic rings. The highest BCUT2D eigenvalue weighted by Gasteiger charge is 2.26. The normalized spacial score (nSPS) is 26.2. The number of hydrogen-bond donors (Lipinski definition) is 1. The van der Waals surface area contributed by atoms with Gasteiger partial charge >= 0.3 is 0 Å². The molecule has 0 amide bonds. The van der Waals surface area contributed by atoms with Crippen molar-refractivity contribution >= 4 is 0 Å². The van der Waals surface area contributed by atoms with Crippen molar-refractivity contribution < 1.29 is 4.74 Å². The summed E-state index contributed by atoms with van der Waals surface area (Å²) < 4.78 is 5.58. The second kappa shape index (κ2) is 7.49. The van der Waals surface area contributed by atoms with Crippen molar-refractivity contribution in [2.24, 2.45) is 11.8 Å². The number of ether oxygens (including phenoxy) is 1. The Balaban J connectivity index is 1.88. The lowest BCUT2D eigenvalue weighted by Crippen LogP contribution is -2.40. The predicted octanol–water partition coefficient (Wildman–Crippen LogP) is 4.17. The molecule has 1 aliphatic carbocycles. The lowest BCUT2D eigenvalue weighted by atomic mass is 9.78. The van der Waals surface area contributed by atoms with Crippen LogP contribution in [0.1, 0.15) is 38.7 Å². The summed E-state index contributed by atoms with van der Waals surface area (Å²) in [4.78, 5) is 0. The Morgan fingerprint density at radius 3 is 3.00 bits per heavy atom. The monoisotopic (exact) mass is 273 g/mol. The largest absolute Gasteiger partial charge is 0.490 e. The Morgan fingerprint density at radius 2 is 2.20 bits per heavy atom. The summed E-state index contributed by atoms with van der Waals surface area (Å²) in [5, 5.41) is 3.73. The van der Waals surface area contributed by atoms with Crippen LogP contribution >= 0.6 is 0 Å². The highest BCUT2D eigenvalue weighted by Crippen LogP contribution is 2.29. The number of nitrogens with one attached hydrogen (secondary N) is 1. The maximum atomic E-state index is 5.58. The van der Waals surface area contributed by atoms with Crippen LogP contribution in [0.3, 0.4) is 0 Å². The quantitative estimate of drug-likeness (QED) is 0.786. The Kier molecular flexibility index (Phi) is 5.66. The van der Waals surface area contributed by atoms with Crippen LogP contribution in [0.2, 0.25) is 0 Å². The Labute approximate surface area is 123 Å². The molecule has 0 saturated heterocycles. The summed E-state index contributed by atoms with van der Waals surface area (Å²) in [5.74, 6) is 2.53. The van der Waals surface area contributed by atoms with Gasteiger partial charge in [0.05, 0.1) is 0 Å². The lowest BCUT2D eigenvalue weighted by molar-refractivity contribution is 0.206. The van der Waals surface area contributed by atoms with Crippen molar-refractivity contribution in [2.45, 2.75) is 45.7 Å². The molecule has 3 atom stereocenters. The highest BCUT2D eigenvalue weighted by atomic mass is 16.5. The van der Waals surface area contributed by atoms with Gasteiger partial charge in [0, 0.05) is 12.6 Å². The molecule has 1 aromatic rings. The molecule has 1 saturated carbocycles. The van der Waals surface area contributed by atoms with Crippen molar-refractivity contribution in [2.75, 3.05) is 6.61 Å². The van der Waals surface area contributed by atoms with Crippen LogP contribution in [0.4, 0.5) is 0 Å². The summed E-state index contributed by atoms with van der Waals surface area (Å²) in [6.07, 6.45) is 5.81. The van der Waals surface area contributed by atoms with Gasteiger partial charge in [-0.05, 0) is 36.0 Å². The van der Waals surface area contributed by atoms with E-state index in [4.69, 9.17) is 4.74 Å². The van der Waals surface area contributed by atoms with Crippen molar-refractivity contribution in [1.29, 1.82) is 0 Å². The van der Waals surface area contributed by atoms with E-state index in [1.807, 2.05) is 6.07 Å². The molecule has 2 rings (SSSR count). The first-order valence-electron chi connectivity index (χ1n) is 7.76. The number of hydrogen-bond acceptors (Lipinski definition) is 2. The van der Waals surface area contributed by atoms with Gasteiger partial charge in [-0.1, -0.05) is 51.5 Å². The van der Waals surface area contributed by atoms with E-state index in [0.717, 1.165) is 24.1 Å². The lowest BCUT2D eigenvalue weighted by Gasteiger charge is -2.34. The fourth-order valence-corrected chi connectivity index (χ4v) is 3.02. The summed E-state index contributed by atoms with van der Waals surface area (Å²) in [6.45, 7) is 9.92. The van der Waals surface area contributed by atoms with E-state index in [9.17, 15) is 0 Å². The number of rotatable bonds is 6. The molecular formula is C18H27NO. The minimum atomic E-state index is 0.564.